The highest BCUT2D eigenvalue weighted by atomic mass is 32.1. The smallest absolute Gasteiger partial charge is 0.269 e. The minimum absolute atomic E-state index is 0.0469. The van der Waals surface area contributed by atoms with Gasteiger partial charge in [-0.3, -0.25) is 24.7 Å². The molecule has 3 rings (SSSR count). The molecular formula is C19H18N4O4S. The number of nitrogens with two attached hydrogens (primary N) is 1. The second kappa shape index (κ2) is 8.05. The lowest BCUT2D eigenvalue weighted by atomic mass is 10.2. The number of ether oxygens (including phenoxy) is 1. The number of carbonyl (C=O) groups is 3. The van der Waals surface area contributed by atoms with Crippen LogP contribution in [0.25, 0.3) is 0 Å². The Kier molecular flexibility index (Phi) is 5.55. The van der Waals surface area contributed by atoms with Crippen molar-refractivity contribution in [3.63, 3.8) is 0 Å². The Bertz CT molecular complexity index is 917. The van der Waals surface area contributed by atoms with Gasteiger partial charge in [0.15, 0.2) is 0 Å². The minimum Gasteiger partial charge on any atom is -0.497 e. The van der Waals surface area contributed by atoms with Crippen LogP contribution in [0.5, 0.6) is 5.75 Å². The van der Waals surface area contributed by atoms with Gasteiger partial charge in [-0.25, -0.2) is 5.01 Å². The molecule has 0 bridgehead atoms. The van der Waals surface area contributed by atoms with E-state index in [4.69, 9.17) is 22.7 Å². The van der Waals surface area contributed by atoms with Crippen molar-refractivity contribution in [2.45, 2.75) is 12.5 Å². The van der Waals surface area contributed by atoms with Crippen LogP contribution in [0.3, 0.4) is 0 Å². The molecule has 1 atom stereocenters. The second-order valence-corrected chi connectivity index (χ2v) is 6.38. The third-order valence-corrected chi connectivity index (χ3v) is 4.58. The lowest BCUT2D eigenvalue weighted by Crippen LogP contribution is -2.49. The zero-order valence-electron chi connectivity index (χ0n) is 15.0. The summed E-state index contributed by atoms with van der Waals surface area (Å²) in [6.45, 7) is 0. The van der Waals surface area contributed by atoms with Gasteiger partial charge < -0.3 is 10.5 Å². The molecule has 0 saturated carbocycles. The highest BCUT2D eigenvalue weighted by Crippen LogP contribution is 2.27. The van der Waals surface area contributed by atoms with Crippen molar-refractivity contribution in [1.29, 1.82) is 0 Å². The van der Waals surface area contributed by atoms with E-state index in [-0.39, 0.29) is 11.5 Å². The Hall–Kier alpha value is -3.46. The van der Waals surface area contributed by atoms with Crippen LogP contribution in [-0.4, -0.2) is 41.0 Å². The molecule has 1 saturated heterocycles. The quantitative estimate of drug-likeness (QED) is 0.709. The number of amides is 3. The number of methoxy groups -OCH3 is 1. The standard InChI is InChI=1S/C19H18N4O4S/c1-27-14-9-7-13(8-10-14)22-18(26)15(11-16(20)24)23(19(22)28)21-17(25)12-5-3-2-4-6-12/h2-10,15H,11H2,1H3,(H2,20,24)(H,21,25). The fourth-order valence-electron chi connectivity index (χ4n) is 2.82. The summed E-state index contributed by atoms with van der Waals surface area (Å²) in [6.07, 6.45) is -0.291. The number of benzene rings is 2. The van der Waals surface area contributed by atoms with Gasteiger partial charge in [-0.05, 0) is 48.6 Å². The van der Waals surface area contributed by atoms with Crippen molar-refractivity contribution in [2.75, 3.05) is 12.0 Å². The lowest BCUT2D eigenvalue weighted by molar-refractivity contribution is -0.125. The van der Waals surface area contributed by atoms with E-state index in [1.807, 2.05) is 0 Å². The molecular weight excluding hydrogens is 380 g/mol. The molecule has 144 valence electrons. The fraction of sp³-hybridized carbons (Fsp3) is 0.158. The van der Waals surface area contributed by atoms with E-state index in [0.29, 0.717) is 17.0 Å². The third-order valence-electron chi connectivity index (χ3n) is 4.20. The molecule has 8 nitrogen and oxygen atoms in total. The molecule has 0 aromatic heterocycles. The van der Waals surface area contributed by atoms with E-state index in [0.717, 1.165) is 0 Å². The number of rotatable bonds is 6. The van der Waals surface area contributed by atoms with E-state index in [1.165, 1.54) is 17.0 Å². The summed E-state index contributed by atoms with van der Waals surface area (Å²) in [4.78, 5) is 38.2. The molecule has 1 fully saturated rings. The average molecular weight is 398 g/mol. The largest absolute Gasteiger partial charge is 0.497 e. The molecule has 2 aromatic rings. The summed E-state index contributed by atoms with van der Waals surface area (Å²) in [5, 5.41) is 1.26. The van der Waals surface area contributed by atoms with Gasteiger partial charge in [-0.2, -0.15) is 0 Å². The molecule has 28 heavy (non-hydrogen) atoms. The number of nitrogens with zero attached hydrogens (tertiary/aromatic N) is 2. The highest BCUT2D eigenvalue weighted by Gasteiger charge is 2.45. The number of nitrogens with one attached hydrogen (secondary N) is 1. The zero-order valence-corrected chi connectivity index (χ0v) is 15.8. The number of hydrazine groups is 1. The zero-order chi connectivity index (χ0) is 20.3. The molecule has 0 radical (unpaired) electrons. The van der Waals surface area contributed by atoms with Crippen molar-refractivity contribution in [1.82, 2.24) is 10.4 Å². The number of carbonyl (C=O) groups excluding carboxylic acids is 3. The van der Waals surface area contributed by atoms with Gasteiger partial charge in [-0.1, -0.05) is 18.2 Å². The maximum Gasteiger partial charge on any atom is 0.269 e. The molecule has 0 aliphatic carbocycles. The molecule has 1 aliphatic rings. The number of anilines is 1. The van der Waals surface area contributed by atoms with Crippen molar-refractivity contribution in [2.24, 2.45) is 5.73 Å². The van der Waals surface area contributed by atoms with Crippen LogP contribution in [0.4, 0.5) is 5.69 Å². The number of thiocarbonyl (C=S) groups is 1. The van der Waals surface area contributed by atoms with Gasteiger partial charge in [0, 0.05) is 5.56 Å². The maximum absolute atomic E-state index is 12.9. The molecule has 1 unspecified atom stereocenters. The van der Waals surface area contributed by atoms with Crippen LogP contribution in [0, 0.1) is 0 Å². The number of hydrogen-bond donors (Lipinski definition) is 2. The third kappa shape index (κ3) is 3.79. The van der Waals surface area contributed by atoms with Gasteiger partial charge in [0.25, 0.3) is 11.8 Å². The van der Waals surface area contributed by atoms with Crippen LogP contribution < -0.4 is 20.8 Å². The Balaban J connectivity index is 1.90. The number of hydrogen-bond acceptors (Lipinski definition) is 5. The van der Waals surface area contributed by atoms with E-state index in [2.05, 4.69) is 5.43 Å². The first-order valence-electron chi connectivity index (χ1n) is 8.38. The Morgan fingerprint density at radius 1 is 1.14 bits per heavy atom. The molecule has 3 amide bonds. The van der Waals surface area contributed by atoms with E-state index in [9.17, 15) is 14.4 Å². The topological polar surface area (TPSA) is 105 Å². The summed E-state index contributed by atoms with van der Waals surface area (Å²) in [5.74, 6) is -0.981. The predicted octanol–water partition coefficient (Wildman–Crippen LogP) is 1.22. The maximum atomic E-state index is 12.9. The number of primary amides is 1. The molecule has 9 heteroatoms. The van der Waals surface area contributed by atoms with Crippen molar-refractivity contribution < 1.29 is 19.1 Å². The summed E-state index contributed by atoms with van der Waals surface area (Å²) in [7, 11) is 1.53. The fourth-order valence-corrected chi connectivity index (χ4v) is 3.19. The SMILES string of the molecule is COc1ccc(N2C(=O)C(CC(N)=O)N(NC(=O)c3ccccc3)C2=S)cc1. The van der Waals surface area contributed by atoms with E-state index < -0.39 is 23.8 Å². The molecule has 0 spiro atoms. The van der Waals surface area contributed by atoms with Gasteiger partial charge in [-0.15, -0.1) is 0 Å². The van der Waals surface area contributed by atoms with Crippen LogP contribution in [0.2, 0.25) is 0 Å². The van der Waals surface area contributed by atoms with Gasteiger partial charge in [0.2, 0.25) is 11.0 Å². The normalized spacial score (nSPS) is 16.2. The average Bonchev–Trinajstić information content (AvgIpc) is 2.92. The van der Waals surface area contributed by atoms with E-state index in [1.54, 1.807) is 54.6 Å². The summed E-state index contributed by atoms with van der Waals surface area (Å²) in [6, 6.07) is 14.1. The first-order valence-corrected chi connectivity index (χ1v) is 8.78. The summed E-state index contributed by atoms with van der Waals surface area (Å²) >= 11 is 5.41. The molecule has 1 heterocycles. The molecule has 3 N–H and O–H groups in total. The van der Waals surface area contributed by atoms with Gasteiger partial charge in [0.05, 0.1) is 19.2 Å². The summed E-state index contributed by atoms with van der Waals surface area (Å²) < 4.78 is 5.12. The first-order chi connectivity index (χ1) is 13.4. The monoisotopic (exact) mass is 398 g/mol. The Labute approximate surface area is 166 Å². The van der Waals surface area contributed by atoms with Crippen LogP contribution >= 0.6 is 12.2 Å². The van der Waals surface area contributed by atoms with Gasteiger partial charge >= 0.3 is 0 Å². The van der Waals surface area contributed by atoms with Crippen LogP contribution in [-0.2, 0) is 9.59 Å². The second-order valence-electron chi connectivity index (χ2n) is 6.02. The highest BCUT2D eigenvalue weighted by molar-refractivity contribution is 7.80. The van der Waals surface area contributed by atoms with E-state index >= 15 is 0 Å². The Morgan fingerprint density at radius 3 is 2.36 bits per heavy atom. The van der Waals surface area contributed by atoms with Crippen molar-refractivity contribution >= 4 is 40.7 Å². The summed E-state index contributed by atoms with van der Waals surface area (Å²) in [5.41, 5.74) is 8.78. The first kappa shape index (κ1) is 19.3. The molecule has 2 aromatic carbocycles. The minimum atomic E-state index is -1.03. The van der Waals surface area contributed by atoms with Crippen molar-refractivity contribution in [3.05, 3.63) is 60.2 Å². The van der Waals surface area contributed by atoms with Crippen LogP contribution in [0.1, 0.15) is 16.8 Å². The Morgan fingerprint density at radius 2 is 1.79 bits per heavy atom. The van der Waals surface area contributed by atoms with Crippen LogP contribution in [0.15, 0.2) is 54.6 Å². The van der Waals surface area contributed by atoms with Gasteiger partial charge in [0.1, 0.15) is 11.8 Å². The predicted molar refractivity (Wildman–Crippen MR) is 106 cm³/mol. The molecule has 1 aliphatic heterocycles. The van der Waals surface area contributed by atoms with Crippen molar-refractivity contribution in [3.8, 4) is 5.75 Å². The lowest BCUT2D eigenvalue weighted by Gasteiger charge is -2.24.